The van der Waals surface area contributed by atoms with Crippen molar-refractivity contribution in [1.29, 1.82) is 5.41 Å². The van der Waals surface area contributed by atoms with Crippen LogP contribution < -0.4 is 10.7 Å². The molecule has 0 aliphatic rings. The van der Waals surface area contributed by atoms with Crippen LogP contribution in [-0.4, -0.2) is 33.5 Å². The summed E-state index contributed by atoms with van der Waals surface area (Å²) in [7, 11) is 0. The normalized spacial score (nSPS) is 11.1. The van der Waals surface area contributed by atoms with Crippen LogP contribution >= 0.6 is 0 Å². The van der Waals surface area contributed by atoms with E-state index in [0.29, 0.717) is 16.8 Å². The average Bonchev–Trinajstić information content (AvgIpc) is 2.70. The number of hydrogen-bond acceptors (Lipinski definition) is 6. The number of aromatic carboxylic acids is 1. The van der Waals surface area contributed by atoms with Crippen LogP contribution in [0.4, 0.5) is 11.4 Å². The minimum atomic E-state index is -1.07. The number of fused-ring (bicyclic) bond motifs is 1. The zero-order chi connectivity index (χ0) is 21.0. The molecule has 0 aliphatic heterocycles. The van der Waals surface area contributed by atoms with Crippen molar-refractivity contribution in [3.63, 3.8) is 0 Å². The summed E-state index contributed by atoms with van der Waals surface area (Å²) in [5.41, 5.74) is 3.12. The Morgan fingerprint density at radius 1 is 1.00 bits per heavy atom. The van der Waals surface area contributed by atoms with Crippen LogP contribution in [0.5, 0.6) is 5.75 Å². The molecule has 0 radical (unpaired) electrons. The van der Waals surface area contributed by atoms with Gasteiger partial charge in [-0.15, -0.1) is 0 Å². The number of anilines is 2. The minimum absolute atomic E-state index is 0.0153. The first-order valence-electron chi connectivity index (χ1n) is 8.61. The van der Waals surface area contributed by atoms with Crippen molar-refractivity contribution in [2.24, 2.45) is 5.10 Å². The standard InChI is InChI=1S/C21H18N4O4/c1-12(22)18(20(27)23-15-9-6-14(7-10-15)21(28)29)25-24-17-11-8-13-4-2-3-5-16(13)19(17)26/h2-11,22,24,26H,1H3,(H,23,27)(H,28,29). The Labute approximate surface area is 166 Å². The van der Waals surface area contributed by atoms with Crippen LogP contribution in [0.2, 0.25) is 0 Å². The summed E-state index contributed by atoms with van der Waals surface area (Å²) in [6.45, 7) is 1.41. The Bertz CT molecular complexity index is 1140. The van der Waals surface area contributed by atoms with Gasteiger partial charge in [-0.1, -0.05) is 30.3 Å². The van der Waals surface area contributed by atoms with E-state index in [1.807, 2.05) is 12.1 Å². The monoisotopic (exact) mass is 390 g/mol. The summed E-state index contributed by atoms with van der Waals surface area (Å²) in [6, 6.07) is 16.3. The first-order valence-corrected chi connectivity index (χ1v) is 8.61. The summed E-state index contributed by atoms with van der Waals surface area (Å²) in [5.74, 6) is -1.73. The van der Waals surface area contributed by atoms with Crippen LogP contribution in [0.3, 0.4) is 0 Å². The molecule has 5 N–H and O–H groups in total. The van der Waals surface area contributed by atoms with Gasteiger partial charge in [0.2, 0.25) is 0 Å². The second kappa shape index (κ2) is 8.22. The third kappa shape index (κ3) is 4.38. The number of carbonyl (C=O) groups is 2. The molecular formula is C21H18N4O4. The highest BCUT2D eigenvalue weighted by Crippen LogP contribution is 2.32. The number of phenols is 1. The van der Waals surface area contributed by atoms with Gasteiger partial charge in [0.05, 0.1) is 17.0 Å². The van der Waals surface area contributed by atoms with Gasteiger partial charge >= 0.3 is 5.97 Å². The Kier molecular flexibility index (Phi) is 5.54. The molecule has 146 valence electrons. The molecule has 0 aromatic heterocycles. The van der Waals surface area contributed by atoms with E-state index >= 15 is 0 Å². The highest BCUT2D eigenvalue weighted by Gasteiger charge is 2.15. The predicted octanol–water partition coefficient (Wildman–Crippen LogP) is 3.69. The van der Waals surface area contributed by atoms with Crippen LogP contribution in [-0.2, 0) is 4.79 Å². The van der Waals surface area contributed by atoms with E-state index in [4.69, 9.17) is 10.5 Å². The predicted molar refractivity (Wildman–Crippen MR) is 112 cm³/mol. The van der Waals surface area contributed by atoms with Gasteiger partial charge in [-0.25, -0.2) is 4.79 Å². The van der Waals surface area contributed by atoms with Crippen LogP contribution in [0.25, 0.3) is 10.8 Å². The maximum absolute atomic E-state index is 12.5. The molecule has 0 spiro atoms. The molecule has 0 aliphatic carbocycles. The zero-order valence-corrected chi connectivity index (χ0v) is 15.4. The number of amides is 1. The number of nitrogens with zero attached hydrogens (tertiary/aromatic N) is 1. The van der Waals surface area contributed by atoms with Gasteiger partial charge in [0.25, 0.3) is 5.91 Å². The number of aromatic hydroxyl groups is 1. The van der Waals surface area contributed by atoms with Gasteiger partial charge in [0, 0.05) is 11.1 Å². The Morgan fingerprint density at radius 3 is 2.34 bits per heavy atom. The lowest BCUT2D eigenvalue weighted by molar-refractivity contribution is -0.110. The molecule has 8 heteroatoms. The molecule has 0 fully saturated rings. The number of benzene rings is 3. The molecule has 0 saturated carbocycles. The van der Waals surface area contributed by atoms with Crippen molar-refractivity contribution < 1.29 is 19.8 Å². The first kappa shape index (κ1) is 19.6. The van der Waals surface area contributed by atoms with E-state index in [1.165, 1.54) is 31.2 Å². The molecule has 0 saturated heterocycles. The molecule has 1 amide bonds. The second-order valence-corrected chi connectivity index (χ2v) is 6.22. The number of hydrazone groups is 1. The highest BCUT2D eigenvalue weighted by atomic mass is 16.4. The van der Waals surface area contributed by atoms with Gasteiger partial charge in [0.1, 0.15) is 5.75 Å². The molecule has 3 aromatic carbocycles. The molecule has 29 heavy (non-hydrogen) atoms. The summed E-state index contributed by atoms with van der Waals surface area (Å²) < 4.78 is 0. The lowest BCUT2D eigenvalue weighted by Gasteiger charge is -2.10. The maximum Gasteiger partial charge on any atom is 0.335 e. The second-order valence-electron chi connectivity index (χ2n) is 6.22. The van der Waals surface area contributed by atoms with Crippen LogP contribution in [0, 0.1) is 5.41 Å². The van der Waals surface area contributed by atoms with Gasteiger partial charge in [-0.05, 0) is 42.6 Å². The highest BCUT2D eigenvalue weighted by molar-refractivity contribution is 6.67. The van der Waals surface area contributed by atoms with E-state index in [1.54, 1.807) is 24.3 Å². The molecule has 3 aromatic rings. The third-order valence-electron chi connectivity index (χ3n) is 4.15. The fraction of sp³-hybridized carbons (Fsp3) is 0.0476. The van der Waals surface area contributed by atoms with Crippen molar-refractivity contribution in [1.82, 2.24) is 0 Å². The molecule has 8 nitrogen and oxygen atoms in total. The van der Waals surface area contributed by atoms with E-state index < -0.39 is 11.9 Å². The fourth-order valence-corrected chi connectivity index (χ4v) is 2.65. The molecule has 0 atom stereocenters. The fourth-order valence-electron chi connectivity index (χ4n) is 2.65. The Morgan fingerprint density at radius 2 is 1.69 bits per heavy atom. The Hall–Kier alpha value is -4.20. The number of carboxylic acid groups (broad SMARTS) is 1. The lowest BCUT2D eigenvalue weighted by atomic mass is 10.1. The quantitative estimate of drug-likeness (QED) is 0.248. The van der Waals surface area contributed by atoms with Gasteiger partial charge < -0.3 is 20.9 Å². The minimum Gasteiger partial charge on any atom is -0.505 e. The SMILES string of the molecule is CC(=N)C(=NNc1ccc2ccccc2c1O)C(=O)Nc1ccc(C(=O)O)cc1. The molecule has 0 bridgehead atoms. The molecule has 3 rings (SSSR count). The van der Waals surface area contributed by atoms with Crippen molar-refractivity contribution >= 4 is 45.4 Å². The average molecular weight is 390 g/mol. The van der Waals surface area contributed by atoms with Gasteiger partial charge in [0.15, 0.2) is 5.71 Å². The number of hydrogen-bond donors (Lipinski definition) is 5. The van der Waals surface area contributed by atoms with Gasteiger partial charge in [-0.2, -0.15) is 5.10 Å². The third-order valence-corrected chi connectivity index (χ3v) is 4.15. The topological polar surface area (TPSA) is 135 Å². The maximum atomic E-state index is 12.5. The van der Waals surface area contributed by atoms with Crippen LogP contribution in [0.1, 0.15) is 17.3 Å². The van der Waals surface area contributed by atoms with Crippen molar-refractivity contribution in [3.05, 3.63) is 66.2 Å². The first-order chi connectivity index (χ1) is 13.9. The number of carboxylic acids is 1. The largest absolute Gasteiger partial charge is 0.505 e. The summed E-state index contributed by atoms with van der Waals surface area (Å²) in [4.78, 5) is 23.4. The van der Waals surface area contributed by atoms with Crippen molar-refractivity contribution in [2.75, 3.05) is 10.7 Å². The number of phenolic OH excluding ortho intramolecular Hbond substituents is 1. The molecule has 0 heterocycles. The smallest absolute Gasteiger partial charge is 0.335 e. The van der Waals surface area contributed by atoms with Crippen LogP contribution in [0.15, 0.2) is 65.8 Å². The van der Waals surface area contributed by atoms with E-state index in [2.05, 4.69) is 15.8 Å². The number of nitrogens with one attached hydrogen (secondary N) is 3. The molecular weight excluding hydrogens is 372 g/mol. The summed E-state index contributed by atoms with van der Waals surface area (Å²) in [6.07, 6.45) is 0. The van der Waals surface area contributed by atoms with E-state index in [0.717, 1.165) is 5.39 Å². The Balaban J connectivity index is 1.81. The van der Waals surface area contributed by atoms with Gasteiger partial charge in [-0.3, -0.25) is 10.2 Å². The van der Waals surface area contributed by atoms with E-state index in [9.17, 15) is 14.7 Å². The van der Waals surface area contributed by atoms with Crippen molar-refractivity contribution in [3.8, 4) is 5.75 Å². The summed E-state index contributed by atoms with van der Waals surface area (Å²) in [5, 5.41) is 35.2. The summed E-state index contributed by atoms with van der Waals surface area (Å²) >= 11 is 0. The number of rotatable bonds is 6. The van der Waals surface area contributed by atoms with E-state index in [-0.39, 0.29) is 22.7 Å². The number of carbonyl (C=O) groups excluding carboxylic acids is 1. The molecule has 0 unspecified atom stereocenters. The zero-order valence-electron chi connectivity index (χ0n) is 15.4. The lowest BCUT2D eigenvalue weighted by Crippen LogP contribution is -2.29. The van der Waals surface area contributed by atoms with Crippen molar-refractivity contribution in [2.45, 2.75) is 6.92 Å².